The van der Waals surface area contributed by atoms with Gasteiger partial charge in [0.05, 0.1) is 12.2 Å². The predicted molar refractivity (Wildman–Crippen MR) is 68.4 cm³/mol. The van der Waals surface area contributed by atoms with Crippen LogP contribution in [0.2, 0.25) is 0 Å². The van der Waals surface area contributed by atoms with Gasteiger partial charge in [0.1, 0.15) is 5.54 Å². The van der Waals surface area contributed by atoms with Gasteiger partial charge in [-0.1, -0.05) is 13.3 Å². The van der Waals surface area contributed by atoms with Crippen molar-refractivity contribution in [2.75, 3.05) is 0 Å². The molecule has 0 aliphatic carbocycles. The molecule has 7 heteroatoms. The van der Waals surface area contributed by atoms with E-state index in [1.54, 1.807) is 12.1 Å². The highest BCUT2D eigenvalue weighted by atomic mass is 16.4. The number of aromatic nitrogens is 2. The highest BCUT2D eigenvalue weighted by molar-refractivity contribution is 5.85. The van der Waals surface area contributed by atoms with E-state index < -0.39 is 17.5 Å². The topological polar surface area (TPSA) is 104 Å². The zero-order chi connectivity index (χ0) is 14.3. The van der Waals surface area contributed by atoms with E-state index in [4.69, 9.17) is 5.11 Å². The summed E-state index contributed by atoms with van der Waals surface area (Å²) in [4.78, 5) is 22.8. The van der Waals surface area contributed by atoms with E-state index in [0.29, 0.717) is 18.5 Å². The molecule has 0 saturated heterocycles. The summed E-state index contributed by atoms with van der Waals surface area (Å²) in [7, 11) is 0. The lowest BCUT2D eigenvalue weighted by molar-refractivity contribution is -0.144. The van der Waals surface area contributed by atoms with E-state index in [2.05, 4.69) is 20.8 Å². The maximum atomic E-state index is 11.7. The summed E-state index contributed by atoms with van der Waals surface area (Å²) < 4.78 is 0. The Morgan fingerprint density at radius 1 is 1.47 bits per heavy atom. The van der Waals surface area contributed by atoms with Crippen molar-refractivity contribution in [1.29, 1.82) is 0 Å². The smallest absolute Gasteiger partial charge is 0.329 e. The molecule has 0 aliphatic rings. The molecule has 0 aromatic carbocycles. The number of hydrogen-bond donors (Lipinski definition) is 3. The van der Waals surface area contributed by atoms with E-state index >= 15 is 0 Å². The molecule has 1 atom stereocenters. The summed E-state index contributed by atoms with van der Waals surface area (Å²) in [5.74, 6) is -1.05. The van der Waals surface area contributed by atoms with Gasteiger partial charge < -0.3 is 15.7 Å². The molecule has 0 fully saturated rings. The molecule has 0 aliphatic heterocycles. The van der Waals surface area contributed by atoms with Crippen LogP contribution in [0.25, 0.3) is 0 Å². The highest BCUT2D eigenvalue weighted by Crippen LogP contribution is 2.12. The van der Waals surface area contributed by atoms with Crippen molar-refractivity contribution in [3.8, 4) is 0 Å². The lowest BCUT2D eigenvalue weighted by Gasteiger charge is -2.25. The maximum Gasteiger partial charge on any atom is 0.329 e. The number of carboxylic acids is 1. The number of nitrogens with zero attached hydrogens (tertiary/aromatic N) is 2. The fourth-order valence-electron chi connectivity index (χ4n) is 1.62. The molecule has 0 radical (unpaired) electrons. The van der Waals surface area contributed by atoms with Gasteiger partial charge in [-0.15, -0.1) is 0 Å². The summed E-state index contributed by atoms with van der Waals surface area (Å²) in [6.07, 6.45) is 2.56. The average molecular weight is 266 g/mol. The van der Waals surface area contributed by atoms with Crippen molar-refractivity contribution in [2.24, 2.45) is 0 Å². The molecule has 104 valence electrons. The summed E-state index contributed by atoms with van der Waals surface area (Å²) in [6, 6.07) is 2.89. The molecule has 1 aromatic rings. The van der Waals surface area contributed by atoms with Crippen LogP contribution in [0.1, 0.15) is 32.4 Å². The number of hydrogen-bond acceptors (Lipinski definition) is 4. The van der Waals surface area contributed by atoms with Crippen molar-refractivity contribution in [1.82, 2.24) is 20.8 Å². The van der Waals surface area contributed by atoms with Gasteiger partial charge in [0, 0.05) is 6.20 Å². The van der Waals surface area contributed by atoms with Gasteiger partial charge >= 0.3 is 12.0 Å². The first-order valence-electron chi connectivity index (χ1n) is 6.04. The second kappa shape index (κ2) is 6.67. The molecular formula is C12H18N4O3. The Hall–Kier alpha value is -2.18. The number of carbonyl (C=O) groups is 2. The lowest BCUT2D eigenvalue weighted by atomic mass is 9.97. The molecule has 3 N–H and O–H groups in total. The van der Waals surface area contributed by atoms with E-state index in [1.807, 2.05) is 6.92 Å². The summed E-state index contributed by atoms with van der Waals surface area (Å²) in [6.45, 7) is 3.54. The van der Waals surface area contributed by atoms with Crippen molar-refractivity contribution in [2.45, 2.75) is 38.8 Å². The number of urea groups is 1. The Labute approximate surface area is 111 Å². The molecule has 0 saturated carbocycles. The monoisotopic (exact) mass is 266 g/mol. The van der Waals surface area contributed by atoms with Crippen LogP contribution in [-0.4, -0.2) is 32.8 Å². The van der Waals surface area contributed by atoms with Crippen LogP contribution in [0.5, 0.6) is 0 Å². The number of carboxylic acid groups (broad SMARTS) is 1. The van der Waals surface area contributed by atoms with Crippen molar-refractivity contribution >= 4 is 12.0 Å². The molecule has 0 spiro atoms. The van der Waals surface area contributed by atoms with Crippen molar-refractivity contribution < 1.29 is 14.7 Å². The van der Waals surface area contributed by atoms with Crippen LogP contribution in [0.3, 0.4) is 0 Å². The molecule has 1 rings (SSSR count). The maximum absolute atomic E-state index is 11.7. The van der Waals surface area contributed by atoms with Crippen LogP contribution in [0.15, 0.2) is 18.3 Å². The van der Waals surface area contributed by atoms with Gasteiger partial charge in [-0.2, -0.15) is 10.2 Å². The van der Waals surface area contributed by atoms with Gasteiger partial charge in [0.25, 0.3) is 0 Å². The molecule has 1 aromatic heterocycles. The first-order chi connectivity index (χ1) is 8.98. The minimum absolute atomic E-state index is 0.196. The average Bonchev–Trinajstić information content (AvgIpc) is 2.37. The molecule has 2 amide bonds. The minimum atomic E-state index is -1.26. The zero-order valence-electron chi connectivity index (χ0n) is 11.0. The first kappa shape index (κ1) is 14.9. The van der Waals surface area contributed by atoms with Crippen molar-refractivity contribution in [3.05, 3.63) is 24.0 Å². The van der Waals surface area contributed by atoms with Crippen LogP contribution >= 0.6 is 0 Å². The van der Waals surface area contributed by atoms with E-state index in [9.17, 15) is 9.59 Å². The fourth-order valence-corrected chi connectivity index (χ4v) is 1.62. The second-order valence-electron chi connectivity index (χ2n) is 4.41. The van der Waals surface area contributed by atoms with Crippen LogP contribution in [0, 0.1) is 0 Å². The Kier molecular flexibility index (Phi) is 5.23. The third-order valence-corrected chi connectivity index (χ3v) is 2.67. The summed E-state index contributed by atoms with van der Waals surface area (Å²) in [5, 5.41) is 21.6. The molecule has 1 unspecified atom stereocenters. The lowest BCUT2D eigenvalue weighted by Crippen LogP contribution is -2.55. The van der Waals surface area contributed by atoms with Gasteiger partial charge in [0.15, 0.2) is 0 Å². The predicted octanol–water partition coefficient (Wildman–Crippen LogP) is 0.919. The Balaban J connectivity index is 2.52. The number of amides is 2. The molecule has 7 nitrogen and oxygen atoms in total. The van der Waals surface area contributed by atoms with Crippen LogP contribution in [0.4, 0.5) is 4.79 Å². The SMILES string of the molecule is CCCC(C)(NC(=O)NCc1cccnn1)C(=O)O. The van der Waals surface area contributed by atoms with E-state index in [1.165, 1.54) is 13.1 Å². The molecule has 19 heavy (non-hydrogen) atoms. The normalized spacial score (nSPS) is 13.4. The van der Waals surface area contributed by atoms with Crippen LogP contribution < -0.4 is 10.6 Å². The third-order valence-electron chi connectivity index (χ3n) is 2.67. The fraction of sp³-hybridized carbons (Fsp3) is 0.500. The van der Waals surface area contributed by atoms with Gasteiger partial charge in [-0.05, 0) is 25.5 Å². The van der Waals surface area contributed by atoms with Crippen molar-refractivity contribution in [3.63, 3.8) is 0 Å². The summed E-state index contributed by atoms with van der Waals surface area (Å²) >= 11 is 0. The molecule has 0 bridgehead atoms. The quantitative estimate of drug-likeness (QED) is 0.710. The highest BCUT2D eigenvalue weighted by Gasteiger charge is 2.33. The van der Waals surface area contributed by atoms with Crippen LogP contribution in [-0.2, 0) is 11.3 Å². The van der Waals surface area contributed by atoms with E-state index in [-0.39, 0.29) is 6.54 Å². The Morgan fingerprint density at radius 2 is 2.21 bits per heavy atom. The van der Waals surface area contributed by atoms with Gasteiger partial charge in [-0.3, -0.25) is 0 Å². The largest absolute Gasteiger partial charge is 0.480 e. The number of nitrogens with one attached hydrogen (secondary N) is 2. The first-order valence-corrected chi connectivity index (χ1v) is 6.04. The zero-order valence-corrected chi connectivity index (χ0v) is 11.0. The van der Waals surface area contributed by atoms with Gasteiger partial charge in [0.2, 0.25) is 0 Å². The number of rotatable bonds is 6. The van der Waals surface area contributed by atoms with Gasteiger partial charge in [-0.25, -0.2) is 9.59 Å². The minimum Gasteiger partial charge on any atom is -0.480 e. The summed E-state index contributed by atoms with van der Waals surface area (Å²) in [5.41, 5.74) is -0.661. The second-order valence-corrected chi connectivity index (χ2v) is 4.41. The third kappa shape index (κ3) is 4.53. The standard InChI is InChI=1S/C12H18N4O3/c1-3-6-12(2,10(17)18)15-11(19)13-8-9-5-4-7-14-16-9/h4-5,7H,3,6,8H2,1-2H3,(H,17,18)(H2,13,15,19). The number of carbonyl (C=O) groups excluding carboxylic acids is 1. The number of aliphatic carboxylic acids is 1. The Morgan fingerprint density at radius 3 is 2.74 bits per heavy atom. The molecular weight excluding hydrogens is 248 g/mol. The Bertz CT molecular complexity index is 438. The molecule has 1 heterocycles. The van der Waals surface area contributed by atoms with E-state index in [0.717, 1.165) is 0 Å².